The Bertz CT molecular complexity index is 1010. The maximum atomic E-state index is 13.6. The fourth-order valence-corrected chi connectivity index (χ4v) is 3.84. The van der Waals surface area contributed by atoms with E-state index in [-0.39, 0.29) is 23.3 Å². The number of rotatable bonds is 5. The molecule has 2 aromatic rings. The van der Waals surface area contributed by atoms with Gasteiger partial charge in [0, 0.05) is 24.7 Å². The van der Waals surface area contributed by atoms with Crippen LogP contribution in [-0.4, -0.2) is 69.9 Å². The Labute approximate surface area is 192 Å². The highest BCUT2D eigenvalue weighted by Crippen LogP contribution is 2.42. The van der Waals surface area contributed by atoms with Crippen LogP contribution >= 0.6 is 0 Å². The second-order valence-corrected chi connectivity index (χ2v) is 7.98. The van der Waals surface area contributed by atoms with Crippen LogP contribution in [0.1, 0.15) is 28.9 Å². The molecule has 4 rings (SSSR count). The first-order chi connectivity index (χ1) is 16.0. The van der Waals surface area contributed by atoms with Gasteiger partial charge >= 0.3 is 12.1 Å². The van der Waals surface area contributed by atoms with E-state index in [0.29, 0.717) is 31.9 Å². The van der Waals surface area contributed by atoms with Crippen LogP contribution in [0.3, 0.4) is 0 Å². The highest BCUT2D eigenvalue weighted by Gasteiger charge is 2.54. The highest BCUT2D eigenvalue weighted by atomic mass is 19.4. The summed E-state index contributed by atoms with van der Waals surface area (Å²) in [6.07, 6.45) is -0.300. The smallest absolute Gasteiger partial charge is 0.476 e. The van der Waals surface area contributed by atoms with Crippen molar-refractivity contribution in [1.82, 2.24) is 14.9 Å². The minimum atomic E-state index is -5.08. The highest BCUT2D eigenvalue weighted by molar-refractivity contribution is 5.94. The molecule has 2 fully saturated rings. The van der Waals surface area contributed by atoms with Gasteiger partial charge in [0.1, 0.15) is 5.60 Å². The Balaban J connectivity index is 0.000000406. The largest absolute Gasteiger partial charge is 0.490 e. The van der Waals surface area contributed by atoms with Gasteiger partial charge in [0.2, 0.25) is 5.88 Å². The molecular formula is C22H23F4N3O5. The minimum absolute atomic E-state index is 0.0193. The van der Waals surface area contributed by atoms with Crippen LogP contribution in [-0.2, 0) is 9.53 Å². The molecule has 1 N–H and O–H groups in total. The predicted octanol–water partition coefficient (Wildman–Crippen LogP) is 3.26. The molecule has 1 unspecified atom stereocenters. The Morgan fingerprint density at radius 1 is 1.26 bits per heavy atom. The van der Waals surface area contributed by atoms with Gasteiger partial charge in [-0.25, -0.2) is 14.2 Å². The summed E-state index contributed by atoms with van der Waals surface area (Å²) in [5.41, 5.74) is 1.17. The number of aliphatic carboxylic acids is 1. The second kappa shape index (κ2) is 10.3. The molecule has 34 heavy (non-hydrogen) atoms. The fourth-order valence-electron chi connectivity index (χ4n) is 3.84. The van der Waals surface area contributed by atoms with Gasteiger partial charge in [0.15, 0.2) is 5.82 Å². The van der Waals surface area contributed by atoms with Gasteiger partial charge in [0.05, 0.1) is 25.3 Å². The number of aromatic nitrogens is 2. The summed E-state index contributed by atoms with van der Waals surface area (Å²) in [7, 11) is 0. The number of nitrogens with zero attached hydrogens (tertiary/aromatic N) is 3. The molecule has 184 valence electrons. The zero-order valence-corrected chi connectivity index (χ0v) is 18.2. The van der Waals surface area contributed by atoms with Gasteiger partial charge in [-0.3, -0.25) is 9.78 Å². The zero-order valence-electron chi connectivity index (χ0n) is 18.2. The molecule has 0 bridgehead atoms. The van der Waals surface area contributed by atoms with E-state index < -0.39 is 18.0 Å². The Kier molecular flexibility index (Phi) is 7.70. The summed E-state index contributed by atoms with van der Waals surface area (Å²) in [4.78, 5) is 31.4. The summed E-state index contributed by atoms with van der Waals surface area (Å²) in [5.74, 6) is -2.92. The molecule has 1 spiro atoms. The first-order valence-corrected chi connectivity index (χ1v) is 10.4. The molecular weight excluding hydrogens is 462 g/mol. The van der Waals surface area contributed by atoms with Gasteiger partial charge in [-0.1, -0.05) is 0 Å². The molecule has 0 aromatic carbocycles. The number of amides is 1. The minimum Gasteiger partial charge on any atom is -0.476 e. The van der Waals surface area contributed by atoms with Crippen LogP contribution in [0.2, 0.25) is 0 Å². The quantitative estimate of drug-likeness (QED) is 0.649. The van der Waals surface area contributed by atoms with E-state index in [1.54, 1.807) is 17.2 Å². The van der Waals surface area contributed by atoms with E-state index in [0.717, 1.165) is 18.5 Å². The molecule has 2 saturated heterocycles. The standard InChI is InChI=1S/C20H22FN3O3.C2HF3O2/c1-14-4-5-15(11-23-14)19(25)24-12-20(13-24)16(7-10-27-20)6-9-26-18-17(21)3-2-8-22-18;3-2(4,5)1(6)7/h2-5,8,11,16H,6-7,9-10,12-13H2,1H3;(H,6,7). The van der Waals surface area contributed by atoms with Crippen LogP contribution in [0.5, 0.6) is 5.88 Å². The summed E-state index contributed by atoms with van der Waals surface area (Å²) in [6, 6.07) is 6.51. The molecule has 0 saturated carbocycles. The molecule has 8 nitrogen and oxygen atoms in total. The third kappa shape index (κ3) is 5.99. The monoisotopic (exact) mass is 485 g/mol. The third-order valence-corrected chi connectivity index (χ3v) is 5.63. The number of hydrogen-bond donors (Lipinski definition) is 1. The van der Waals surface area contributed by atoms with Crippen LogP contribution in [0.25, 0.3) is 0 Å². The molecule has 0 radical (unpaired) electrons. The van der Waals surface area contributed by atoms with Crippen molar-refractivity contribution in [3.63, 3.8) is 0 Å². The maximum Gasteiger partial charge on any atom is 0.490 e. The number of aryl methyl sites for hydroxylation is 1. The zero-order chi connectivity index (χ0) is 24.9. The average Bonchev–Trinajstić information content (AvgIpc) is 3.18. The number of alkyl halides is 3. The predicted molar refractivity (Wildman–Crippen MR) is 110 cm³/mol. The van der Waals surface area contributed by atoms with Crippen molar-refractivity contribution >= 4 is 11.9 Å². The number of pyridine rings is 2. The number of ether oxygens (including phenoxy) is 2. The van der Waals surface area contributed by atoms with Crippen molar-refractivity contribution in [1.29, 1.82) is 0 Å². The van der Waals surface area contributed by atoms with Crippen molar-refractivity contribution in [3.05, 3.63) is 53.7 Å². The first-order valence-electron chi connectivity index (χ1n) is 10.4. The molecule has 2 aliphatic rings. The summed E-state index contributed by atoms with van der Waals surface area (Å²) in [5, 5.41) is 7.12. The average molecular weight is 485 g/mol. The van der Waals surface area contributed by atoms with Crippen LogP contribution < -0.4 is 4.74 Å². The van der Waals surface area contributed by atoms with Gasteiger partial charge < -0.3 is 19.5 Å². The number of carbonyl (C=O) groups excluding carboxylic acids is 1. The number of hydrogen-bond acceptors (Lipinski definition) is 6. The van der Waals surface area contributed by atoms with Crippen molar-refractivity contribution in [3.8, 4) is 5.88 Å². The lowest BCUT2D eigenvalue weighted by Crippen LogP contribution is -2.66. The van der Waals surface area contributed by atoms with Crippen LogP contribution in [0.4, 0.5) is 17.6 Å². The lowest BCUT2D eigenvalue weighted by Gasteiger charge is -2.50. The fraction of sp³-hybridized carbons (Fsp3) is 0.455. The summed E-state index contributed by atoms with van der Waals surface area (Å²) < 4.78 is 56.8. The molecule has 4 heterocycles. The number of likely N-dealkylation sites (tertiary alicyclic amines) is 1. The van der Waals surface area contributed by atoms with E-state index in [1.165, 1.54) is 18.3 Å². The van der Waals surface area contributed by atoms with Crippen molar-refractivity contribution in [2.24, 2.45) is 5.92 Å². The Morgan fingerprint density at radius 2 is 1.97 bits per heavy atom. The van der Waals surface area contributed by atoms with Crippen LogP contribution in [0, 0.1) is 18.7 Å². The molecule has 1 atom stereocenters. The molecule has 2 aliphatic heterocycles. The van der Waals surface area contributed by atoms with Crippen molar-refractivity contribution < 1.29 is 41.7 Å². The van der Waals surface area contributed by atoms with E-state index in [9.17, 15) is 22.4 Å². The lowest BCUT2D eigenvalue weighted by molar-refractivity contribution is -0.192. The lowest BCUT2D eigenvalue weighted by atomic mass is 9.79. The molecule has 1 amide bonds. The maximum absolute atomic E-state index is 13.6. The Morgan fingerprint density at radius 3 is 2.56 bits per heavy atom. The van der Waals surface area contributed by atoms with Crippen molar-refractivity contribution in [2.75, 3.05) is 26.3 Å². The topological polar surface area (TPSA) is 102 Å². The molecule has 12 heteroatoms. The van der Waals surface area contributed by atoms with Crippen molar-refractivity contribution in [2.45, 2.75) is 31.5 Å². The van der Waals surface area contributed by atoms with E-state index in [4.69, 9.17) is 19.4 Å². The normalized spacial score (nSPS) is 18.6. The number of carboxylic acid groups (broad SMARTS) is 1. The van der Waals surface area contributed by atoms with Gasteiger partial charge in [-0.05, 0) is 49.9 Å². The summed E-state index contributed by atoms with van der Waals surface area (Å²) in [6.45, 7) is 4.09. The molecule has 0 aliphatic carbocycles. The van der Waals surface area contributed by atoms with Crippen LogP contribution in [0.15, 0.2) is 36.7 Å². The number of carboxylic acids is 1. The van der Waals surface area contributed by atoms with E-state index in [1.807, 2.05) is 13.0 Å². The summed E-state index contributed by atoms with van der Waals surface area (Å²) >= 11 is 0. The Hall–Kier alpha value is -3.28. The van der Waals surface area contributed by atoms with Gasteiger partial charge in [0.25, 0.3) is 5.91 Å². The second-order valence-electron chi connectivity index (χ2n) is 7.98. The van der Waals surface area contributed by atoms with Gasteiger partial charge in [-0.2, -0.15) is 13.2 Å². The van der Waals surface area contributed by atoms with Gasteiger partial charge in [-0.15, -0.1) is 0 Å². The van der Waals surface area contributed by atoms with E-state index >= 15 is 0 Å². The first kappa shape index (κ1) is 25.3. The number of carbonyl (C=O) groups is 2. The SMILES string of the molecule is Cc1ccc(C(=O)N2CC3(C2)OCCC3CCOc2ncccc2F)cn1.O=C(O)C(F)(F)F. The van der Waals surface area contributed by atoms with E-state index in [2.05, 4.69) is 9.97 Å². The number of halogens is 4. The third-order valence-electron chi connectivity index (χ3n) is 5.63. The molecule has 2 aromatic heterocycles.